The number of halogens is 1. The molecule has 0 saturated heterocycles. The SMILES string of the molecule is C#Cc1cccc(-c2cnc(OC)c(S(N)(=O)=O)c2)c1F. The van der Waals surface area contributed by atoms with Crippen LogP contribution in [-0.2, 0) is 10.0 Å². The number of hydrogen-bond donors (Lipinski definition) is 1. The van der Waals surface area contributed by atoms with Crippen molar-refractivity contribution in [3.63, 3.8) is 0 Å². The van der Waals surface area contributed by atoms with Gasteiger partial charge in [-0.05, 0) is 12.1 Å². The molecule has 5 nitrogen and oxygen atoms in total. The second-order valence-electron chi connectivity index (χ2n) is 4.09. The topological polar surface area (TPSA) is 82.3 Å². The summed E-state index contributed by atoms with van der Waals surface area (Å²) < 4.78 is 42.1. The fourth-order valence-corrected chi connectivity index (χ4v) is 2.47. The van der Waals surface area contributed by atoms with Gasteiger partial charge in [-0.1, -0.05) is 18.1 Å². The van der Waals surface area contributed by atoms with Gasteiger partial charge in [-0.15, -0.1) is 6.42 Å². The average Bonchev–Trinajstić information content (AvgIpc) is 2.46. The molecule has 0 aliphatic heterocycles. The molecule has 1 aromatic heterocycles. The zero-order valence-corrected chi connectivity index (χ0v) is 11.8. The Morgan fingerprint density at radius 1 is 1.43 bits per heavy atom. The van der Waals surface area contributed by atoms with Crippen LogP contribution in [0.3, 0.4) is 0 Å². The zero-order valence-electron chi connectivity index (χ0n) is 11.0. The van der Waals surface area contributed by atoms with Crippen LogP contribution in [0.5, 0.6) is 5.88 Å². The first-order chi connectivity index (χ1) is 9.88. The molecule has 0 spiro atoms. The van der Waals surface area contributed by atoms with Crippen molar-refractivity contribution in [3.8, 4) is 29.4 Å². The summed E-state index contributed by atoms with van der Waals surface area (Å²) in [4.78, 5) is 3.51. The molecule has 2 aromatic rings. The Kier molecular flexibility index (Phi) is 3.93. The molecular weight excluding hydrogens is 295 g/mol. The normalized spacial score (nSPS) is 11.0. The van der Waals surface area contributed by atoms with E-state index in [-0.39, 0.29) is 27.5 Å². The minimum absolute atomic E-state index is 0.0699. The summed E-state index contributed by atoms with van der Waals surface area (Å²) in [5, 5.41) is 5.10. The molecule has 0 fully saturated rings. The summed E-state index contributed by atoms with van der Waals surface area (Å²) in [6, 6.07) is 5.66. The van der Waals surface area contributed by atoms with Crippen LogP contribution >= 0.6 is 0 Å². The monoisotopic (exact) mass is 306 g/mol. The van der Waals surface area contributed by atoms with E-state index < -0.39 is 15.8 Å². The van der Waals surface area contributed by atoms with Crippen molar-refractivity contribution in [3.05, 3.63) is 41.8 Å². The Labute approximate surface area is 121 Å². The number of rotatable bonds is 3. The Morgan fingerprint density at radius 3 is 2.71 bits per heavy atom. The Bertz CT molecular complexity index is 842. The first-order valence-electron chi connectivity index (χ1n) is 5.71. The number of methoxy groups -OCH3 is 1. The number of aromatic nitrogens is 1. The number of hydrogen-bond acceptors (Lipinski definition) is 4. The largest absolute Gasteiger partial charge is 0.480 e. The van der Waals surface area contributed by atoms with Crippen molar-refractivity contribution in [1.82, 2.24) is 4.98 Å². The van der Waals surface area contributed by atoms with Crippen LogP contribution in [0.25, 0.3) is 11.1 Å². The molecular formula is C14H11FN2O3S. The van der Waals surface area contributed by atoms with Gasteiger partial charge in [0.05, 0.1) is 12.7 Å². The van der Waals surface area contributed by atoms with Gasteiger partial charge in [-0.2, -0.15) is 0 Å². The van der Waals surface area contributed by atoms with Gasteiger partial charge in [0.1, 0.15) is 10.7 Å². The summed E-state index contributed by atoms with van der Waals surface area (Å²) in [5.41, 5.74) is 0.431. The minimum Gasteiger partial charge on any atom is -0.480 e. The van der Waals surface area contributed by atoms with Gasteiger partial charge in [-0.3, -0.25) is 0 Å². The molecule has 0 bridgehead atoms. The predicted molar refractivity (Wildman–Crippen MR) is 75.5 cm³/mol. The molecule has 0 aliphatic carbocycles. The molecule has 7 heteroatoms. The first kappa shape index (κ1) is 15.0. The molecule has 0 unspecified atom stereocenters. The highest BCUT2D eigenvalue weighted by Gasteiger charge is 2.19. The van der Waals surface area contributed by atoms with Crippen molar-refractivity contribution in [1.29, 1.82) is 0 Å². The summed E-state index contributed by atoms with van der Waals surface area (Å²) in [6.45, 7) is 0. The standard InChI is InChI=1S/C14H11FN2O3S/c1-3-9-5-4-6-11(13(9)15)10-7-12(21(16,18)19)14(20-2)17-8-10/h1,4-8H,2H3,(H2,16,18,19). The molecule has 1 aromatic carbocycles. The third kappa shape index (κ3) is 2.86. The van der Waals surface area contributed by atoms with E-state index >= 15 is 0 Å². The molecule has 21 heavy (non-hydrogen) atoms. The molecule has 2 rings (SSSR count). The van der Waals surface area contributed by atoms with Crippen molar-refractivity contribution in [2.45, 2.75) is 4.90 Å². The molecule has 2 N–H and O–H groups in total. The van der Waals surface area contributed by atoms with E-state index in [0.717, 1.165) is 0 Å². The van der Waals surface area contributed by atoms with Crippen LogP contribution in [0.1, 0.15) is 5.56 Å². The van der Waals surface area contributed by atoms with Gasteiger partial charge in [0.15, 0.2) is 0 Å². The minimum atomic E-state index is -4.05. The van der Waals surface area contributed by atoms with Gasteiger partial charge < -0.3 is 4.74 Å². The Balaban J connectivity index is 2.70. The van der Waals surface area contributed by atoms with E-state index in [9.17, 15) is 12.8 Å². The van der Waals surface area contributed by atoms with E-state index in [1.165, 1.54) is 31.5 Å². The van der Waals surface area contributed by atoms with Crippen LogP contribution in [0.4, 0.5) is 4.39 Å². The second-order valence-corrected chi connectivity index (χ2v) is 5.62. The number of benzene rings is 1. The lowest BCUT2D eigenvalue weighted by atomic mass is 10.0. The van der Waals surface area contributed by atoms with Gasteiger partial charge in [0.2, 0.25) is 15.9 Å². The van der Waals surface area contributed by atoms with E-state index in [2.05, 4.69) is 10.9 Å². The maximum Gasteiger partial charge on any atom is 0.243 e. The van der Waals surface area contributed by atoms with E-state index in [4.69, 9.17) is 16.3 Å². The van der Waals surface area contributed by atoms with Crippen LogP contribution in [0.15, 0.2) is 35.4 Å². The molecule has 1 heterocycles. The van der Waals surface area contributed by atoms with E-state index in [1.807, 2.05) is 0 Å². The molecule has 0 amide bonds. The Morgan fingerprint density at radius 2 is 2.14 bits per heavy atom. The van der Waals surface area contributed by atoms with E-state index in [0.29, 0.717) is 0 Å². The highest BCUT2D eigenvalue weighted by molar-refractivity contribution is 7.89. The quantitative estimate of drug-likeness (QED) is 0.872. The van der Waals surface area contributed by atoms with Crippen molar-refractivity contribution >= 4 is 10.0 Å². The molecule has 0 radical (unpaired) electrons. The van der Waals surface area contributed by atoms with Crippen LogP contribution in [-0.4, -0.2) is 20.5 Å². The van der Waals surface area contributed by atoms with Gasteiger partial charge >= 0.3 is 0 Å². The molecule has 0 atom stereocenters. The predicted octanol–water partition coefficient (Wildman–Crippen LogP) is 1.52. The average molecular weight is 306 g/mol. The smallest absolute Gasteiger partial charge is 0.243 e. The lowest BCUT2D eigenvalue weighted by Crippen LogP contribution is -2.14. The molecule has 0 aliphatic rings. The number of primary sulfonamides is 1. The van der Waals surface area contributed by atoms with Gasteiger partial charge in [0, 0.05) is 17.3 Å². The second kappa shape index (κ2) is 5.52. The number of nitrogens with zero attached hydrogens (tertiary/aromatic N) is 1. The van der Waals surface area contributed by atoms with Crippen LogP contribution in [0, 0.1) is 18.2 Å². The maximum atomic E-state index is 14.2. The van der Waals surface area contributed by atoms with Crippen molar-refractivity contribution in [2.24, 2.45) is 5.14 Å². The summed E-state index contributed by atoms with van der Waals surface area (Å²) in [6.07, 6.45) is 6.48. The first-order valence-corrected chi connectivity index (χ1v) is 7.25. The third-order valence-electron chi connectivity index (χ3n) is 2.78. The fourth-order valence-electron chi connectivity index (χ4n) is 1.80. The lowest BCUT2D eigenvalue weighted by molar-refractivity contribution is 0.385. The van der Waals surface area contributed by atoms with Gasteiger partial charge in [-0.25, -0.2) is 22.9 Å². The number of terminal acetylenes is 1. The van der Waals surface area contributed by atoms with E-state index in [1.54, 1.807) is 6.07 Å². The zero-order chi connectivity index (χ0) is 15.6. The highest BCUT2D eigenvalue weighted by Crippen LogP contribution is 2.29. The summed E-state index contributed by atoms with van der Waals surface area (Å²) in [5.74, 6) is 1.42. The number of pyridine rings is 1. The number of nitrogens with two attached hydrogens (primary N) is 1. The lowest BCUT2D eigenvalue weighted by Gasteiger charge is -2.09. The molecule has 0 saturated carbocycles. The summed E-state index contributed by atoms with van der Waals surface area (Å²) >= 11 is 0. The molecule has 108 valence electrons. The third-order valence-corrected chi connectivity index (χ3v) is 3.69. The van der Waals surface area contributed by atoms with Crippen LogP contribution < -0.4 is 9.88 Å². The number of ether oxygens (including phenoxy) is 1. The number of sulfonamides is 1. The fraction of sp³-hybridized carbons (Fsp3) is 0.0714. The van der Waals surface area contributed by atoms with Gasteiger partial charge in [0.25, 0.3) is 0 Å². The van der Waals surface area contributed by atoms with Crippen molar-refractivity contribution in [2.75, 3.05) is 7.11 Å². The Hall–Kier alpha value is -2.43. The highest BCUT2D eigenvalue weighted by atomic mass is 32.2. The van der Waals surface area contributed by atoms with Crippen LogP contribution in [0.2, 0.25) is 0 Å². The maximum absolute atomic E-state index is 14.2. The summed E-state index contributed by atoms with van der Waals surface area (Å²) in [7, 11) is -2.79. The van der Waals surface area contributed by atoms with Crippen molar-refractivity contribution < 1.29 is 17.5 Å².